The highest BCUT2D eigenvalue weighted by atomic mass is 16.5. The van der Waals surface area contributed by atoms with Crippen LogP contribution in [-0.2, 0) is 14.3 Å². The number of hydrazine groups is 1. The van der Waals surface area contributed by atoms with Crippen LogP contribution in [0, 0.1) is 0 Å². The van der Waals surface area contributed by atoms with E-state index in [-0.39, 0.29) is 12.0 Å². The second kappa shape index (κ2) is 4.04. The number of morpholine rings is 1. The summed E-state index contributed by atoms with van der Waals surface area (Å²) < 4.78 is 10.2. The fourth-order valence-electron chi connectivity index (χ4n) is 1.35. The van der Waals surface area contributed by atoms with Gasteiger partial charge < -0.3 is 9.47 Å². The molecular weight excluding hydrogens is 172 g/mol. The van der Waals surface area contributed by atoms with Gasteiger partial charge in [-0.1, -0.05) is 0 Å². The number of rotatable bonds is 2. The van der Waals surface area contributed by atoms with Gasteiger partial charge in [0.1, 0.15) is 6.10 Å². The largest absolute Gasteiger partial charge is 0.379 e. The minimum absolute atomic E-state index is 0.0202. The fraction of sp³-hybridized carbons (Fsp3) is 0.875. The maximum absolute atomic E-state index is 11.4. The van der Waals surface area contributed by atoms with E-state index in [1.807, 2.05) is 5.01 Å². The van der Waals surface area contributed by atoms with Gasteiger partial charge in [-0.3, -0.25) is 10.2 Å². The molecule has 2 aliphatic heterocycles. The van der Waals surface area contributed by atoms with Crippen LogP contribution >= 0.6 is 0 Å². The third-order valence-electron chi connectivity index (χ3n) is 2.27. The Hall–Kier alpha value is -0.650. The standard InChI is InChI=1S/C8H14N2O3/c11-8(7-1-4-13-7)9-10-2-5-12-6-3-10/h7H,1-6H2,(H,9,11). The molecule has 2 aliphatic rings. The molecule has 0 aromatic heterocycles. The lowest BCUT2D eigenvalue weighted by Crippen LogP contribution is -2.53. The molecule has 0 aromatic rings. The first kappa shape index (κ1) is 8.93. The summed E-state index contributed by atoms with van der Waals surface area (Å²) in [6.07, 6.45) is 0.624. The molecule has 1 N–H and O–H groups in total. The van der Waals surface area contributed by atoms with Crippen LogP contribution in [0.25, 0.3) is 0 Å². The highest BCUT2D eigenvalue weighted by Gasteiger charge is 2.27. The minimum Gasteiger partial charge on any atom is -0.379 e. The number of amides is 1. The van der Waals surface area contributed by atoms with Crippen LogP contribution in [-0.4, -0.2) is 49.9 Å². The Bertz CT molecular complexity index is 188. The molecule has 5 heteroatoms. The molecule has 1 unspecified atom stereocenters. The van der Waals surface area contributed by atoms with Gasteiger partial charge in [-0.15, -0.1) is 0 Å². The summed E-state index contributed by atoms with van der Waals surface area (Å²) in [5.74, 6) is -0.0202. The van der Waals surface area contributed by atoms with Crippen LogP contribution in [0.2, 0.25) is 0 Å². The molecule has 5 nitrogen and oxygen atoms in total. The average molecular weight is 186 g/mol. The highest BCUT2D eigenvalue weighted by Crippen LogP contribution is 2.10. The van der Waals surface area contributed by atoms with Crippen molar-refractivity contribution in [1.82, 2.24) is 10.4 Å². The van der Waals surface area contributed by atoms with Gasteiger partial charge in [0.15, 0.2) is 0 Å². The van der Waals surface area contributed by atoms with Gasteiger partial charge >= 0.3 is 0 Å². The molecule has 0 aliphatic carbocycles. The zero-order chi connectivity index (χ0) is 9.10. The Labute approximate surface area is 77.0 Å². The summed E-state index contributed by atoms with van der Waals surface area (Å²) in [6.45, 7) is 3.61. The quantitative estimate of drug-likeness (QED) is 0.609. The predicted octanol–water partition coefficient (Wildman–Crippen LogP) is -0.861. The zero-order valence-corrected chi connectivity index (χ0v) is 7.49. The summed E-state index contributed by atoms with van der Waals surface area (Å²) in [5, 5.41) is 1.88. The Morgan fingerprint density at radius 1 is 1.31 bits per heavy atom. The van der Waals surface area contributed by atoms with Gasteiger partial charge in [0.05, 0.1) is 19.8 Å². The van der Waals surface area contributed by atoms with Crippen LogP contribution in [0.5, 0.6) is 0 Å². The van der Waals surface area contributed by atoms with E-state index in [1.165, 1.54) is 0 Å². The van der Waals surface area contributed by atoms with Gasteiger partial charge in [-0.2, -0.15) is 0 Å². The lowest BCUT2D eigenvalue weighted by molar-refractivity contribution is -0.151. The number of carbonyl (C=O) groups excluding carboxylic acids is 1. The van der Waals surface area contributed by atoms with E-state index in [9.17, 15) is 4.79 Å². The Morgan fingerprint density at radius 3 is 2.54 bits per heavy atom. The third kappa shape index (κ3) is 2.18. The van der Waals surface area contributed by atoms with Crippen molar-refractivity contribution in [3.05, 3.63) is 0 Å². The molecule has 0 spiro atoms. The molecule has 0 radical (unpaired) electrons. The number of nitrogens with one attached hydrogen (secondary N) is 1. The van der Waals surface area contributed by atoms with E-state index in [0.717, 1.165) is 19.5 Å². The summed E-state index contributed by atoms with van der Waals surface area (Å²) in [5.41, 5.74) is 2.81. The fourth-order valence-corrected chi connectivity index (χ4v) is 1.35. The zero-order valence-electron chi connectivity index (χ0n) is 7.49. The summed E-state index contributed by atoms with van der Waals surface area (Å²) >= 11 is 0. The number of hydrogen-bond acceptors (Lipinski definition) is 4. The third-order valence-corrected chi connectivity index (χ3v) is 2.27. The molecule has 2 saturated heterocycles. The first-order chi connectivity index (χ1) is 6.36. The number of carbonyl (C=O) groups is 1. The van der Waals surface area contributed by atoms with Crippen LogP contribution in [0.3, 0.4) is 0 Å². The summed E-state index contributed by atoms with van der Waals surface area (Å²) in [4.78, 5) is 11.4. The van der Waals surface area contributed by atoms with Crippen molar-refractivity contribution in [2.24, 2.45) is 0 Å². The molecule has 2 rings (SSSR count). The first-order valence-corrected chi connectivity index (χ1v) is 4.61. The van der Waals surface area contributed by atoms with Crippen LogP contribution in [0.4, 0.5) is 0 Å². The van der Waals surface area contributed by atoms with E-state index >= 15 is 0 Å². The second-order valence-corrected chi connectivity index (χ2v) is 3.22. The van der Waals surface area contributed by atoms with Gasteiger partial charge in [0.2, 0.25) is 0 Å². The Morgan fingerprint density at radius 2 is 2.00 bits per heavy atom. The Kier molecular flexibility index (Phi) is 2.77. The lowest BCUT2D eigenvalue weighted by atomic mass is 10.2. The maximum atomic E-state index is 11.4. The molecular formula is C8H14N2O3. The van der Waals surface area contributed by atoms with Crippen LogP contribution < -0.4 is 5.43 Å². The lowest BCUT2D eigenvalue weighted by Gasteiger charge is -2.31. The normalized spacial score (nSPS) is 29.4. The van der Waals surface area contributed by atoms with Gasteiger partial charge in [0, 0.05) is 19.5 Å². The topological polar surface area (TPSA) is 50.8 Å². The molecule has 1 atom stereocenters. The summed E-state index contributed by atoms with van der Waals surface area (Å²) in [7, 11) is 0. The van der Waals surface area contributed by atoms with Crippen LogP contribution in [0.15, 0.2) is 0 Å². The van der Waals surface area contributed by atoms with Crippen molar-refractivity contribution in [1.29, 1.82) is 0 Å². The molecule has 74 valence electrons. The number of ether oxygens (including phenoxy) is 2. The number of nitrogens with zero attached hydrogens (tertiary/aromatic N) is 1. The Balaban J connectivity index is 1.72. The molecule has 0 aromatic carbocycles. The van der Waals surface area contributed by atoms with E-state index in [1.54, 1.807) is 0 Å². The predicted molar refractivity (Wildman–Crippen MR) is 44.9 cm³/mol. The molecule has 2 fully saturated rings. The van der Waals surface area contributed by atoms with Crippen molar-refractivity contribution in [2.45, 2.75) is 12.5 Å². The molecule has 0 bridgehead atoms. The molecule has 0 saturated carbocycles. The first-order valence-electron chi connectivity index (χ1n) is 4.61. The van der Waals surface area contributed by atoms with Gasteiger partial charge in [0.25, 0.3) is 5.91 Å². The van der Waals surface area contributed by atoms with E-state index in [2.05, 4.69) is 5.43 Å². The van der Waals surface area contributed by atoms with E-state index in [4.69, 9.17) is 9.47 Å². The molecule has 1 amide bonds. The monoisotopic (exact) mass is 186 g/mol. The molecule has 13 heavy (non-hydrogen) atoms. The van der Waals surface area contributed by atoms with Crippen molar-refractivity contribution in [2.75, 3.05) is 32.9 Å². The maximum Gasteiger partial charge on any atom is 0.263 e. The van der Waals surface area contributed by atoms with Crippen molar-refractivity contribution < 1.29 is 14.3 Å². The van der Waals surface area contributed by atoms with Crippen molar-refractivity contribution in [3.63, 3.8) is 0 Å². The summed E-state index contributed by atoms with van der Waals surface area (Å²) in [6, 6.07) is 0. The highest BCUT2D eigenvalue weighted by molar-refractivity contribution is 5.80. The van der Waals surface area contributed by atoms with Gasteiger partial charge in [-0.05, 0) is 0 Å². The van der Waals surface area contributed by atoms with E-state index < -0.39 is 0 Å². The number of hydrogen-bond donors (Lipinski definition) is 1. The second-order valence-electron chi connectivity index (χ2n) is 3.22. The minimum atomic E-state index is -0.220. The SMILES string of the molecule is O=C(NN1CCOCC1)C1CCO1. The van der Waals surface area contributed by atoms with Gasteiger partial charge in [-0.25, -0.2) is 5.01 Å². The van der Waals surface area contributed by atoms with E-state index in [0.29, 0.717) is 19.8 Å². The molecule has 2 heterocycles. The average Bonchev–Trinajstić information content (AvgIpc) is 2.02. The van der Waals surface area contributed by atoms with Crippen molar-refractivity contribution in [3.8, 4) is 0 Å². The van der Waals surface area contributed by atoms with Crippen LogP contribution in [0.1, 0.15) is 6.42 Å². The smallest absolute Gasteiger partial charge is 0.263 e. The van der Waals surface area contributed by atoms with Crippen molar-refractivity contribution >= 4 is 5.91 Å².